The molecule has 16 heteroatoms. The van der Waals surface area contributed by atoms with Gasteiger partial charge in [-0.2, -0.15) is 0 Å². The van der Waals surface area contributed by atoms with Gasteiger partial charge in [-0.3, -0.25) is 28.8 Å². The van der Waals surface area contributed by atoms with E-state index >= 15 is 0 Å². The SMILES string of the molecule is CN[C@@H](C)C(=O)N[C@H](C(=O)N1CCC[C@H]1C(=O)N[C@@H]1CCCc2c1cccc2N1CCN(c2cccc3c2CCCC3)CC1)C(C)(C)C.CN[C@@H](C)C(=O)N[C@H](C(=O)N1CCC[C@H]1C(N)=O)C(C)(C)C.[HH].[HH].[HH].[HH].[HH]. The zero-order chi connectivity index (χ0) is 51.1. The molecule has 2 aliphatic carbocycles. The number of nitrogens with two attached hydrogens (primary N) is 1. The molecule has 7 atom stereocenters. The molecule has 3 aliphatic heterocycles. The van der Waals surface area contributed by atoms with E-state index in [2.05, 4.69) is 72.8 Å². The Morgan fingerprint density at radius 2 is 1.07 bits per heavy atom. The average Bonchev–Trinajstić information content (AvgIpc) is 4.05. The van der Waals surface area contributed by atoms with Crippen molar-refractivity contribution in [2.45, 2.75) is 168 Å². The van der Waals surface area contributed by atoms with Crippen molar-refractivity contribution in [3.05, 3.63) is 58.7 Å². The number of nitrogens with zero attached hydrogens (tertiary/aromatic N) is 4. The molecule has 0 radical (unpaired) electrons. The average molecular weight is 979 g/mol. The molecule has 0 unspecified atom stereocenters. The summed E-state index contributed by atoms with van der Waals surface area (Å²) in [5, 5.41) is 14.9. The van der Waals surface area contributed by atoms with Gasteiger partial charge in [0.15, 0.2) is 0 Å². The maximum Gasteiger partial charge on any atom is 0.246 e. The fraction of sp³-hybridized carbons (Fsp3) is 0.667. The smallest absolute Gasteiger partial charge is 0.246 e. The number of carbonyl (C=O) groups is 6. The number of carbonyl (C=O) groups excluding carboxylic acids is 6. The van der Waals surface area contributed by atoms with Crippen LogP contribution in [0.2, 0.25) is 0 Å². The van der Waals surface area contributed by atoms with E-state index < -0.39 is 53.0 Å². The molecule has 0 aromatic heterocycles. The second-order valence-electron chi connectivity index (χ2n) is 22.3. The van der Waals surface area contributed by atoms with Crippen LogP contribution in [0.3, 0.4) is 0 Å². The van der Waals surface area contributed by atoms with Crippen LogP contribution in [0.25, 0.3) is 0 Å². The van der Waals surface area contributed by atoms with Crippen molar-refractivity contribution >= 4 is 46.8 Å². The van der Waals surface area contributed by atoms with Crippen molar-refractivity contribution in [2.75, 3.05) is 63.2 Å². The first kappa shape index (κ1) is 54.1. The summed E-state index contributed by atoms with van der Waals surface area (Å²) >= 11 is 0. The number of likely N-dealkylation sites (N-methyl/N-ethyl adjacent to an activating group) is 2. The van der Waals surface area contributed by atoms with Gasteiger partial charge in [-0.1, -0.05) is 65.8 Å². The van der Waals surface area contributed by atoms with Crippen LogP contribution in [0.1, 0.15) is 142 Å². The third-order valence-corrected chi connectivity index (χ3v) is 15.3. The molecule has 2 aromatic rings. The fourth-order valence-electron chi connectivity index (χ4n) is 10.8. The van der Waals surface area contributed by atoms with E-state index in [9.17, 15) is 28.8 Å². The molecule has 6 amide bonds. The minimum Gasteiger partial charge on any atom is -0.368 e. The quantitative estimate of drug-likeness (QED) is 0.152. The molecule has 16 nitrogen and oxygen atoms in total. The number of amides is 6. The van der Waals surface area contributed by atoms with Crippen molar-refractivity contribution in [2.24, 2.45) is 16.6 Å². The lowest BCUT2D eigenvalue weighted by Gasteiger charge is -2.41. The van der Waals surface area contributed by atoms with Crippen LogP contribution in [-0.4, -0.2) is 135 Å². The number of piperazine rings is 1. The Hall–Kier alpha value is -5.22. The fourth-order valence-corrected chi connectivity index (χ4v) is 10.8. The molecule has 70 heavy (non-hydrogen) atoms. The molecule has 2 aromatic carbocycles. The standard InChI is InChI=1S/C39H56N6O3.C15H28N4O3.5H2/c1-26(40-5)36(46)42-35(39(2,3)4)38(48)45-21-11-20-34(45)37(47)41-31-17-9-16-30-29(31)15-10-19-33(30)44-24-22-43(23-25-44)32-18-8-13-27-12-6-7-14-28(27)32;1-9(17-5)13(21)18-11(15(2,3)4)14(22)19-8-6-7-10(19)12(16)20;;;;;/h8,10,13,15,18-19,26,31,34-35,40H,6-7,9,11-12,14,16-17,20-25H2,1-5H3,(H,41,47)(H,42,46);9-11,17H,6-8H2,1-5H3,(H2,16,20)(H,18,21);5*1H/t26-,31+,34-,35+;9-,10-,11+;;;;;/m00...../s1. The van der Waals surface area contributed by atoms with Crippen LogP contribution in [0, 0.1) is 10.8 Å². The number of fused-ring (bicyclic) bond motifs is 2. The lowest BCUT2D eigenvalue weighted by molar-refractivity contribution is -0.144. The first-order valence-corrected chi connectivity index (χ1v) is 26.0. The zero-order valence-electron chi connectivity index (χ0n) is 43.8. The van der Waals surface area contributed by atoms with Crippen LogP contribution >= 0.6 is 0 Å². The van der Waals surface area contributed by atoms with Gasteiger partial charge in [0.05, 0.1) is 18.1 Å². The van der Waals surface area contributed by atoms with Crippen molar-refractivity contribution in [1.82, 2.24) is 36.4 Å². The van der Waals surface area contributed by atoms with Crippen LogP contribution in [-0.2, 0) is 48.0 Å². The van der Waals surface area contributed by atoms with Gasteiger partial charge in [0.1, 0.15) is 24.2 Å². The molecule has 396 valence electrons. The lowest BCUT2D eigenvalue weighted by atomic mass is 9.85. The Bertz CT molecular complexity index is 2220. The Labute approximate surface area is 424 Å². The normalized spacial score (nSPS) is 22.1. The highest BCUT2D eigenvalue weighted by atomic mass is 16.2. The summed E-state index contributed by atoms with van der Waals surface area (Å²) in [6.45, 7) is 20.0. The van der Waals surface area contributed by atoms with Crippen LogP contribution in [0.4, 0.5) is 11.4 Å². The topological polar surface area (TPSA) is 202 Å². The maximum atomic E-state index is 13.9. The number of hydrogen-bond donors (Lipinski definition) is 6. The van der Waals surface area contributed by atoms with Crippen molar-refractivity contribution < 1.29 is 35.9 Å². The van der Waals surface area contributed by atoms with E-state index in [0.717, 1.165) is 58.3 Å². The van der Waals surface area contributed by atoms with Crippen LogP contribution < -0.4 is 42.1 Å². The van der Waals surface area contributed by atoms with Crippen molar-refractivity contribution in [3.63, 3.8) is 0 Å². The van der Waals surface area contributed by atoms with Crippen molar-refractivity contribution in [3.8, 4) is 0 Å². The zero-order valence-corrected chi connectivity index (χ0v) is 43.8. The summed E-state index contributed by atoms with van der Waals surface area (Å²) in [6, 6.07) is 10.0. The van der Waals surface area contributed by atoms with E-state index in [4.69, 9.17) is 5.73 Å². The van der Waals surface area contributed by atoms with Gasteiger partial charge in [-0.15, -0.1) is 0 Å². The van der Waals surface area contributed by atoms with Gasteiger partial charge in [-0.05, 0) is 144 Å². The van der Waals surface area contributed by atoms with E-state index in [1.807, 2.05) is 41.5 Å². The molecule has 3 heterocycles. The Kier molecular flexibility index (Phi) is 18.0. The van der Waals surface area contributed by atoms with Gasteiger partial charge >= 0.3 is 0 Å². The van der Waals surface area contributed by atoms with E-state index in [-0.39, 0.29) is 42.7 Å². The van der Waals surface area contributed by atoms with E-state index in [1.54, 1.807) is 38.4 Å². The summed E-state index contributed by atoms with van der Waals surface area (Å²) in [6.07, 6.45) is 10.6. The maximum absolute atomic E-state index is 13.9. The molecule has 3 saturated heterocycles. The molecule has 7 N–H and O–H groups in total. The van der Waals surface area contributed by atoms with Gasteiger partial charge in [0.2, 0.25) is 35.4 Å². The summed E-state index contributed by atoms with van der Waals surface area (Å²) in [5.74, 6) is -1.48. The van der Waals surface area contributed by atoms with Crippen LogP contribution in [0.15, 0.2) is 36.4 Å². The minimum atomic E-state index is -0.722. The Morgan fingerprint density at radius 3 is 1.59 bits per heavy atom. The first-order chi connectivity index (χ1) is 33.2. The highest BCUT2D eigenvalue weighted by Crippen LogP contribution is 2.38. The van der Waals surface area contributed by atoms with Crippen molar-refractivity contribution in [1.29, 1.82) is 0 Å². The lowest BCUT2D eigenvalue weighted by Crippen LogP contribution is -2.59. The second-order valence-corrected chi connectivity index (χ2v) is 22.3. The summed E-state index contributed by atoms with van der Waals surface area (Å²) in [4.78, 5) is 85.5. The number of hydrogen-bond acceptors (Lipinski definition) is 10. The first-order valence-electron chi connectivity index (χ1n) is 26.0. The van der Waals surface area contributed by atoms with Gasteiger partial charge in [-0.25, -0.2) is 0 Å². The molecular formula is C54H94N10O6. The summed E-state index contributed by atoms with van der Waals surface area (Å²) in [7, 11) is 3.41. The summed E-state index contributed by atoms with van der Waals surface area (Å²) in [5.41, 5.74) is 12.8. The number of primary amides is 1. The predicted octanol–water partition coefficient (Wildman–Crippen LogP) is 5.35. The van der Waals surface area contributed by atoms with E-state index in [1.165, 1.54) is 58.6 Å². The van der Waals surface area contributed by atoms with Gasteiger partial charge in [0.25, 0.3) is 0 Å². The molecule has 0 bridgehead atoms. The number of likely N-dealkylation sites (tertiary alicyclic amines) is 2. The second kappa shape index (κ2) is 23.3. The molecular weight excluding hydrogens is 885 g/mol. The highest BCUT2D eigenvalue weighted by Gasteiger charge is 2.44. The minimum absolute atomic E-state index is 0. The number of rotatable bonds is 13. The molecule has 7 rings (SSSR count). The van der Waals surface area contributed by atoms with Crippen LogP contribution in [0.5, 0.6) is 0 Å². The third-order valence-electron chi connectivity index (χ3n) is 15.3. The number of benzene rings is 2. The van der Waals surface area contributed by atoms with Gasteiger partial charge in [0, 0.05) is 57.8 Å². The number of anilines is 2. The monoisotopic (exact) mass is 979 g/mol. The largest absolute Gasteiger partial charge is 0.368 e. The predicted molar refractivity (Wildman–Crippen MR) is 287 cm³/mol. The Morgan fingerprint density at radius 1 is 0.600 bits per heavy atom. The third kappa shape index (κ3) is 12.6. The highest BCUT2D eigenvalue weighted by molar-refractivity contribution is 5.95. The Balaban J connectivity index is 0.000000892. The molecule has 3 fully saturated rings. The number of aryl methyl sites for hydroxylation is 1. The molecule has 0 saturated carbocycles. The summed E-state index contributed by atoms with van der Waals surface area (Å²) < 4.78 is 0. The molecule has 0 spiro atoms. The molecule has 5 aliphatic rings. The number of nitrogens with one attached hydrogen (secondary N) is 5. The van der Waals surface area contributed by atoms with Gasteiger partial charge < -0.3 is 51.9 Å². The van der Waals surface area contributed by atoms with E-state index in [0.29, 0.717) is 25.9 Å².